The van der Waals surface area contributed by atoms with Gasteiger partial charge in [0.25, 0.3) is 0 Å². The molecule has 0 saturated carbocycles. The maximum atomic E-state index is 5.80. The SMILES string of the molecule is C/C(=C/OCC1(C)CSCCS1)c1ccccc1. The van der Waals surface area contributed by atoms with Crippen LogP contribution in [0.5, 0.6) is 0 Å². The Morgan fingerprint density at radius 1 is 1.33 bits per heavy atom. The van der Waals surface area contributed by atoms with Crippen molar-refractivity contribution in [2.75, 3.05) is 23.9 Å². The molecule has 2 rings (SSSR count). The van der Waals surface area contributed by atoms with Crippen LogP contribution in [-0.2, 0) is 4.74 Å². The average Bonchev–Trinajstić information content (AvgIpc) is 2.40. The van der Waals surface area contributed by atoms with Gasteiger partial charge in [-0.25, -0.2) is 0 Å². The number of allylic oxidation sites excluding steroid dienone is 1. The van der Waals surface area contributed by atoms with Crippen LogP contribution in [0.3, 0.4) is 0 Å². The number of hydrogen-bond acceptors (Lipinski definition) is 3. The zero-order valence-corrected chi connectivity index (χ0v) is 12.7. The Labute approximate surface area is 118 Å². The molecule has 0 bridgehead atoms. The van der Waals surface area contributed by atoms with Crippen LogP contribution in [0.2, 0.25) is 0 Å². The predicted octanol–water partition coefficient (Wildman–Crippen LogP) is 4.30. The molecule has 1 saturated heterocycles. The van der Waals surface area contributed by atoms with Gasteiger partial charge in [-0.3, -0.25) is 0 Å². The van der Waals surface area contributed by atoms with Gasteiger partial charge < -0.3 is 4.74 Å². The minimum absolute atomic E-state index is 0.274. The molecule has 1 aliphatic heterocycles. The Morgan fingerprint density at radius 3 is 2.78 bits per heavy atom. The van der Waals surface area contributed by atoms with Crippen molar-refractivity contribution in [1.82, 2.24) is 0 Å². The summed E-state index contributed by atoms with van der Waals surface area (Å²) in [5.74, 6) is 3.71. The van der Waals surface area contributed by atoms with E-state index in [0.717, 1.165) is 6.61 Å². The number of rotatable bonds is 4. The van der Waals surface area contributed by atoms with Crippen molar-refractivity contribution in [3.63, 3.8) is 0 Å². The highest BCUT2D eigenvalue weighted by Crippen LogP contribution is 2.34. The standard InChI is InChI=1S/C15H20OS2/c1-13(14-6-4-3-5-7-14)10-16-11-15(2)12-17-8-9-18-15/h3-7,10H,8-9,11-12H2,1-2H3/b13-10-. The summed E-state index contributed by atoms with van der Waals surface area (Å²) in [6, 6.07) is 10.4. The summed E-state index contributed by atoms with van der Waals surface area (Å²) in [5.41, 5.74) is 2.42. The second-order valence-electron chi connectivity index (χ2n) is 4.83. The fraction of sp³-hybridized carbons (Fsp3) is 0.467. The summed E-state index contributed by atoms with van der Waals surface area (Å²) in [6.07, 6.45) is 1.90. The molecule has 0 radical (unpaired) electrons. The lowest BCUT2D eigenvalue weighted by Gasteiger charge is -2.31. The Bertz CT molecular complexity index is 394. The van der Waals surface area contributed by atoms with Crippen LogP contribution in [0.25, 0.3) is 5.57 Å². The molecule has 1 unspecified atom stereocenters. The predicted molar refractivity (Wildman–Crippen MR) is 84.2 cm³/mol. The highest BCUT2D eigenvalue weighted by molar-refractivity contribution is 8.07. The Morgan fingerprint density at radius 2 is 2.11 bits per heavy atom. The Balaban J connectivity index is 1.87. The van der Waals surface area contributed by atoms with E-state index >= 15 is 0 Å². The molecule has 1 fully saturated rings. The molecule has 98 valence electrons. The smallest absolute Gasteiger partial charge is 0.102 e. The zero-order valence-electron chi connectivity index (χ0n) is 11.0. The fourth-order valence-corrected chi connectivity index (χ4v) is 4.56. The lowest BCUT2D eigenvalue weighted by molar-refractivity contribution is 0.228. The molecular weight excluding hydrogens is 260 g/mol. The molecule has 1 nitrogen and oxygen atoms in total. The Kier molecular flexibility index (Phi) is 5.07. The molecular formula is C15H20OS2. The molecule has 0 aliphatic carbocycles. The van der Waals surface area contributed by atoms with Crippen molar-refractivity contribution in [1.29, 1.82) is 0 Å². The summed E-state index contributed by atoms with van der Waals surface area (Å²) in [5, 5.41) is 0. The minimum Gasteiger partial charge on any atom is -0.499 e. The molecule has 0 spiro atoms. The molecule has 1 atom stereocenters. The van der Waals surface area contributed by atoms with Crippen LogP contribution in [-0.4, -0.2) is 28.6 Å². The highest BCUT2D eigenvalue weighted by Gasteiger charge is 2.28. The molecule has 1 heterocycles. The molecule has 0 amide bonds. The van der Waals surface area contributed by atoms with E-state index in [-0.39, 0.29) is 4.75 Å². The molecule has 1 aliphatic rings. The summed E-state index contributed by atoms with van der Waals surface area (Å²) in [4.78, 5) is 0. The van der Waals surface area contributed by atoms with Crippen molar-refractivity contribution in [2.24, 2.45) is 0 Å². The number of ether oxygens (including phenoxy) is 1. The van der Waals surface area contributed by atoms with Crippen LogP contribution >= 0.6 is 23.5 Å². The minimum atomic E-state index is 0.274. The molecule has 3 heteroatoms. The van der Waals surface area contributed by atoms with Crippen molar-refractivity contribution in [3.05, 3.63) is 42.2 Å². The van der Waals surface area contributed by atoms with E-state index < -0.39 is 0 Å². The second-order valence-corrected chi connectivity index (χ2v) is 7.62. The number of benzene rings is 1. The van der Waals surface area contributed by atoms with Crippen LogP contribution in [0.15, 0.2) is 36.6 Å². The maximum absolute atomic E-state index is 5.80. The summed E-state index contributed by atoms with van der Waals surface area (Å²) >= 11 is 4.07. The maximum Gasteiger partial charge on any atom is 0.102 e. The summed E-state index contributed by atoms with van der Waals surface area (Å²) in [7, 11) is 0. The second kappa shape index (κ2) is 6.58. The summed E-state index contributed by atoms with van der Waals surface area (Å²) < 4.78 is 6.07. The van der Waals surface area contributed by atoms with Crippen molar-refractivity contribution in [3.8, 4) is 0 Å². The van der Waals surface area contributed by atoms with Gasteiger partial charge in [0.15, 0.2) is 0 Å². The van der Waals surface area contributed by atoms with E-state index in [4.69, 9.17) is 4.74 Å². The average molecular weight is 280 g/mol. The third kappa shape index (κ3) is 3.99. The molecule has 0 aromatic heterocycles. The van der Waals surface area contributed by atoms with Gasteiger partial charge in [-0.15, -0.1) is 0 Å². The first-order valence-electron chi connectivity index (χ1n) is 6.25. The topological polar surface area (TPSA) is 9.23 Å². The lowest BCUT2D eigenvalue weighted by Crippen LogP contribution is -2.33. The van der Waals surface area contributed by atoms with Gasteiger partial charge in [0.2, 0.25) is 0 Å². The van der Waals surface area contributed by atoms with E-state index in [2.05, 4.69) is 38.1 Å². The van der Waals surface area contributed by atoms with Crippen LogP contribution in [0.1, 0.15) is 19.4 Å². The number of thioether (sulfide) groups is 2. The van der Waals surface area contributed by atoms with Gasteiger partial charge in [0, 0.05) is 17.3 Å². The largest absolute Gasteiger partial charge is 0.499 e. The highest BCUT2D eigenvalue weighted by atomic mass is 32.2. The van der Waals surface area contributed by atoms with Crippen molar-refractivity contribution < 1.29 is 4.74 Å². The van der Waals surface area contributed by atoms with E-state index in [1.165, 1.54) is 28.4 Å². The van der Waals surface area contributed by atoms with Gasteiger partial charge in [0.1, 0.15) is 6.61 Å². The Hall–Kier alpha value is -0.540. The molecule has 18 heavy (non-hydrogen) atoms. The van der Waals surface area contributed by atoms with Gasteiger partial charge in [-0.1, -0.05) is 30.3 Å². The van der Waals surface area contributed by atoms with Crippen molar-refractivity contribution in [2.45, 2.75) is 18.6 Å². The third-order valence-corrected chi connectivity index (χ3v) is 6.11. The first kappa shape index (κ1) is 13.9. The fourth-order valence-electron chi connectivity index (χ4n) is 1.87. The normalized spacial score (nSPS) is 24.9. The lowest BCUT2D eigenvalue weighted by atomic mass is 10.1. The zero-order chi connectivity index (χ0) is 12.8. The third-order valence-electron chi connectivity index (χ3n) is 2.96. The quantitative estimate of drug-likeness (QED) is 0.761. The van der Waals surface area contributed by atoms with Crippen LogP contribution in [0.4, 0.5) is 0 Å². The van der Waals surface area contributed by atoms with E-state index in [1.807, 2.05) is 35.9 Å². The van der Waals surface area contributed by atoms with Crippen molar-refractivity contribution >= 4 is 29.1 Å². The first-order chi connectivity index (χ1) is 8.70. The van der Waals surface area contributed by atoms with E-state index in [9.17, 15) is 0 Å². The van der Waals surface area contributed by atoms with E-state index in [0.29, 0.717) is 0 Å². The van der Waals surface area contributed by atoms with Gasteiger partial charge >= 0.3 is 0 Å². The first-order valence-corrected chi connectivity index (χ1v) is 8.39. The van der Waals surface area contributed by atoms with Crippen LogP contribution in [0, 0.1) is 0 Å². The molecule has 1 aromatic carbocycles. The monoisotopic (exact) mass is 280 g/mol. The van der Waals surface area contributed by atoms with Gasteiger partial charge in [-0.2, -0.15) is 23.5 Å². The summed E-state index contributed by atoms with van der Waals surface area (Å²) in [6.45, 7) is 5.20. The molecule has 0 N–H and O–H groups in total. The number of hydrogen-bond donors (Lipinski definition) is 0. The van der Waals surface area contributed by atoms with Gasteiger partial charge in [0.05, 0.1) is 11.0 Å². The van der Waals surface area contributed by atoms with Crippen LogP contribution < -0.4 is 0 Å². The molecule has 1 aromatic rings. The van der Waals surface area contributed by atoms with E-state index in [1.54, 1.807) is 0 Å². The van der Waals surface area contributed by atoms with Gasteiger partial charge in [-0.05, 0) is 25.0 Å².